The molecule has 0 amide bonds. The molecule has 0 aliphatic rings. The molecule has 8 heteroatoms. The summed E-state index contributed by atoms with van der Waals surface area (Å²) in [5.41, 5.74) is 4.88. The molecule has 1 atom stereocenters. The molecule has 0 fully saturated rings. The van der Waals surface area contributed by atoms with Crippen molar-refractivity contribution in [3.8, 4) is 0 Å². The summed E-state index contributed by atoms with van der Waals surface area (Å²) in [6.07, 6.45) is -3.81. The van der Waals surface area contributed by atoms with Crippen molar-refractivity contribution in [2.75, 3.05) is 38.4 Å². The average molecular weight is 279 g/mol. The second-order valence-electron chi connectivity index (χ2n) is 3.85. The van der Waals surface area contributed by atoms with Gasteiger partial charge in [-0.3, -0.25) is 0 Å². The number of pyridine rings is 1. The zero-order valence-electron chi connectivity index (χ0n) is 10.6. The van der Waals surface area contributed by atoms with Gasteiger partial charge in [-0.05, 0) is 6.07 Å². The molecule has 0 saturated heterocycles. The van der Waals surface area contributed by atoms with Gasteiger partial charge in [0, 0.05) is 20.8 Å². The maximum absolute atomic E-state index is 12.5. The lowest BCUT2D eigenvalue weighted by Gasteiger charge is -2.17. The molecule has 0 aromatic carbocycles. The normalized spacial score (nSPS) is 13.3. The van der Waals surface area contributed by atoms with Crippen LogP contribution in [0.5, 0.6) is 0 Å². The van der Waals surface area contributed by atoms with Crippen molar-refractivity contribution in [1.29, 1.82) is 0 Å². The second kappa shape index (κ2) is 6.58. The van der Waals surface area contributed by atoms with E-state index in [-0.39, 0.29) is 24.0 Å². The summed E-state index contributed by atoms with van der Waals surface area (Å²) in [7, 11) is 3.00. The van der Waals surface area contributed by atoms with Gasteiger partial charge in [0.2, 0.25) is 0 Å². The molecule has 0 bridgehead atoms. The van der Waals surface area contributed by atoms with E-state index in [1.165, 1.54) is 14.2 Å². The average Bonchev–Trinajstić information content (AvgIpc) is 2.34. The van der Waals surface area contributed by atoms with Crippen LogP contribution in [0.4, 0.5) is 24.5 Å². The van der Waals surface area contributed by atoms with Gasteiger partial charge in [-0.25, -0.2) is 4.98 Å². The molecular weight excluding hydrogens is 263 g/mol. The molecule has 1 aromatic rings. The summed E-state index contributed by atoms with van der Waals surface area (Å²) in [6.45, 7) is 0.594. The third-order valence-corrected chi connectivity index (χ3v) is 2.43. The molecule has 1 aromatic heterocycles. The predicted molar refractivity (Wildman–Crippen MR) is 64.8 cm³/mol. The van der Waals surface area contributed by atoms with Crippen molar-refractivity contribution in [2.45, 2.75) is 12.3 Å². The van der Waals surface area contributed by atoms with E-state index in [0.29, 0.717) is 6.61 Å². The van der Waals surface area contributed by atoms with Crippen molar-refractivity contribution in [3.05, 3.63) is 18.0 Å². The third-order valence-electron chi connectivity index (χ3n) is 2.43. The van der Waals surface area contributed by atoms with Gasteiger partial charge in [-0.1, -0.05) is 0 Å². The molecule has 0 aliphatic carbocycles. The highest BCUT2D eigenvalue weighted by molar-refractivity contribution is 5.65. The first-order valence-electron chi connectivity index (χ1n) is 5.46. The predicted octanol–water partition coefficient (Wildman–Crippen LogP) is 1.76. The van der Waals surface area contributed by atoms with Crippen molar-refractivity contribution in [1.82, 2.24) is 4.98 Å². The zero-order valence-corrected chi connectivity index (χ0v) is 10.6. The number of hydrogen-bond donors (Lipinski definition) is 2. The number of nitrogen functional groups attached to an aromatic ring is 1. The molecule has 1 heterocycles. The van der Waals surface area contributed by atoms with Gasteiger partial charge in [0.15, 0.2) is 0 Å². The molecule has 19 heavy (non-hydrogen) atoms. The molecule has 3 N–H and O–H groups in total. The smallest absolute Gasteiger partial charge is 0.396 e. The van der Waals surface area contributed by atoms with Crippen LogP contribution >= 0.6 is 0 Å². The number of halogens is 3. The minimum Gasteiger partial charge on any atom is -0.396 e. The Hall–Kier alpha value is -1.54. The Morgan fingerprint density at radius 2 is 2.11 bits per heavy atom. The monoisotopic (exact) mass is 279 g/mol. The lowest BCUT2D eigenvalue weighted by molar-refractivity contribution is -0.141. The van der Waals surface area contributed by atoms with Crippen molar-refractivity contribution >= 4 is 11.4 Å². The van der Waals surface area contributed by atoms with Crippen LogP contribution in [0.1, 0.15) is 5.69 Å². The maximum Gasteiger partial charge on any atom is 0.433 e. The van der Waals surface area contributed by atoms with E-state index >= 15 is 0 Å². The van der Waals surface area contributed by atoms with Crippen LogP contribution < -0.4 is 11.1 Å². The SMILES string of the molecule is COCC(CNc1cc(C(F)(F)F)ncc1N)OC. The number of nitrogens with one attached hydrogen (secondary N) is 1. The summed E-state index contributed by atoms with van der Waals surface area (Å²) in [5, 5.41) is 2.79. The number of ether oxygens (including phenoxy) is 2. The Labute approximate surface area is 108 Å². The molecule has 0 radical (unpaired) electrons. The number of methoxy groups -OCH3 is 2. The molecule has 0 aliphatic heterocycles. The first-order valence-corrected chi connectivity index (χ1v) is 5.46. The van der Waals surface area contributed by atoms with Crippen LogP contribution in [-0.2, 0) is 15.7 Å². The van der Waals surface area contributed by atoms with Gasteiger partial charge in [0.1, 0.15) is 5.69 Å². The standard InChI is InChI=1S/C11H16F3N3O2/c1-18-6-7(19-2)4-16-9-3-10(11(12,13)14)17-5-8(9)15/h3,5,7H,4,6,15H2,1-2H3,(H,16,17). The van der Waals surface area contributed by atoms with Crippen LogP contribution in [0, 0.1) is 0 Å². The molecule has 0 saturated carbocycles. The van der Waals surface area contributed by atoms with Crippen molar-refractivity contribution in [3.63, 3.8) is 0 Å². The number of alkyl halides is 3. The van der Waals surface area contributed by atoms with Crippen LogP contribution in [0.25, 0.3) is 0 Å². The Morgan fingerprint density at radius 1 is 1.42 bits per heavy atom. The highest BCUT2D eigenvalue weighted by Gasteiger charge is 2.32. The molecule has 1 unspecified atom stereocenters. The van der Waals surface area contributed by atoms with Crippen molar-refractivity contribution < 1.29 is 22.6 Å². The fourth-order valence-electron chi connectivity index (χ4n) is 1.39. The Kier molecular flexibility index (Phi) is 5.37. The molecule has 0 spiro atoms. The lowest BCUT2D eigenvalue weighted by Crippen LogP contribution is -2.27. The molecule has 1 rings (SSSR count). The van der Waals surface area contributed by atoms with Crippen LogP contribution in [0.3, 0.4) is 0 Å². The van der Waals surface area contributed by atoms with Gasteiger partial charge >= 0.3 is 6.18 Å². The maximum atomic E-state index is 12.5. The van der Waals surface area contributed by atoms with Crippen LogP contribution in [-0.4, -0.2) is 38.5 Å². The van der Waals surface area contributed by atoms with E-state index in [0.717, 1.165) is 12.3 Å². The largest absolute Gasteiger partial charge is 0.433 e. The molecular formula is C11H16F3N3O2. The van der Waals surface area contributed by atoms with E-state index in [1.807, 2.05) is 0 Å². The fourth-order valence-corrected chi connectivity index (χ4v) is 1.39. The summed E-state index contributed by atoms with van der Waals surface area (Å²) >= 11 is 0. The minimum absolute atomic E-state index is 0.139. The Bertz CT molecular complexity index is 413. The number of rotatable bonds is 6. The lowest BCUT2D eigenvalue weighted by atomic mass is 10.2. The summed E-state index contributed by atoms with van der Waals surface area (Å²) in [5.74, 6) is 0. The van der Waals surface area contributed by atoms with Gasteiger partial charge in [0.05, 0.1) is 30.3 Å². The second-order valence-corrected chi connectivity index (χ2v) is 3.85. The first-order chi connectivity index (χ1) is 8.88. The first kappa shape index (κ1) is 15.5. The van der Waals surface area contributed by atoms with Gasteiger partial charge < -0.3 is 20.5 Å². The van der Waals surface area contributed by atoms with E-state index in [1.54, 1.807) is 0 Å². The summed E-state index contributed by atoms with van der Waals surface area (Å²) in [6, 6.07) is 0.870. The Morgan fingerprint density at radius 3 is 2.63 bits per heavy atom. The van der Waals surface area contributed by atoms with Gasteiger partial charge in [0.25, 0.3) is 0 Å². The van der Waals surface area contributed by atoms with E-state index in [2.05, 4.69) is 10.3 Å². The number of anilines is 2. The van der Waals surface area contributed by atoms with E-state index in [4.69, 9.17) is 15.2 Å². The number of nitrogens with two attached hydrogens (primary N) is 1. The number of aromatic nitrogens is 1. The van der Waals surface area contributed by atoms with Crippen molar-refractivity contribution in [2.24, 2.45) is 0 Å². The quantitative estimate of drug-likeness (QED) is 0.830. The topological polar surface area (TPSA) is 69.4 Å². The number of hydrogen-bond acceptors (Lipinski definition) is 5. The fraction of sp³-hybridized carbons (Fsp3) is 0.545. The zero-order chi connectivity index (χ0) is 14.5. The molecule has 5 nitrogen and oxygen atoms in total. The highest BCUT2D eigenvalue weighted by atomic mass is 19.4. The van der Waals surface area contributed by atoms with Crippen LogP contribution in [0.15, 0.2) is 12.3 Å². The van der Waals surface area contributed by atoms with Gasteiger partial charge in [-0.15, -0.1) is 0 Å². The number of nitrogens with zero attached hydrogens (tertiary/aromatic N) is 1. The Balaban J connectivity index is 2.77. The van der Waals surface area contributed by atoms with E-state index in [9.17, 15) is 13.2 Å². The highest BCUT2D eigenvalue weighted by Crippen LogP contribution is 2.30. The summed E-state index contributed by atoms with van der Waals surface area (Å²) < 4.78 is 47.5. The van der Waals surface area contributed by atoms with Crippen LogP contribution in [0.2, 0.25) is 0 Å². The van der Waals surface area contributed by atoms with Gasteiger partial charge in [-0.2, -0.15) is 13.2 Å². The minimum atomic E-state index is -4.50. The molecule has 108 valence electrons. The summed E-state index contributed by atoms with van der Waals surface area (Å²) in [4.78, 5) is 3.25. The van der Waals surface area contributed by atoms with E-state index < -0.39 is 11.9 Å². The third kappa shape index (κ3) is 4.56.